The fourth-order valence-electron chi connectivity index (χ4n) is 1.04. The van der Waals surface area contributed by atoms with E-state index in [0.717, 1.165) is 18.2 Å². The summed E-state index contributed by atoms with van der Waals surface area (Å²) in [6.07, 6.45) is 0. The quantitative estimate of drug-likeness (QED) is 0.363. The van der Waals surface area contributed by atoms with E-state index < -0.39 is 32.8 Å². The normalized spacial score (nSPS) is 9.00. The van der Waals surface area contributed by atoms with E-state index in [-0.39, 0.29) is 18.9 Å². The minimum absolute atomic E-state index is 0. The van der Waals surface area contributed by atoms with Crippen molar-refractivity contribution in [3.8, 4) is 0 Å². The smallest absolute Gasteiger partial charge is 0.477 e. The number of hydrogen-bond donors (Lipinski definition) is 1. The van der Waals surface area contributed by atoms with Crippen molar-refractivity contribution >= 4 is 17.3 Å². The van der Waals surface area contributed by atoms with Crippen molar-refractivity contribution in [2.75, 3.05) is 0 Å². The summed E-state index contributed by atoms with van der Waals surface area (Å²) >= 11 is 0. The Hall–Kier alpha value is -1.91. The van der Waals surface area contributed by atoms with Crippen LogP contribution in [0.3, 0.4) is 0 Å². The summed E-state index contributed by atoms with van der Waals surface area (Å²) in [6, 6.07) is 2.90. The second-order valence-electron chi connectivity index (χ2n) is 2.49. The van der Waals surface area contributed by atoms with Crippen LogP contribution in [0.25, 0.3) is 0 Å². The number of carboxylic acid groups (broad SMARTS) is 1. The van der Waals surface area contributed by atoms with Gasteiger partial charge >= 0.3 is 36.2 Å². The number of nitro benzene ring substituents is 2. The molecular weight excluding hydrogens is 215 g/mol. The molecule has 0 aliphatic rings. The first kappa shape index (κ1) is 14.1. The number of rotatable bonds is 3. The molecule has 1 aromatic carbocycles. The Balaban J connectivity index is 0.00000225. The standard InChI is InChI=1S/C7H4N2O6.Li/c10-7(11)4-2-1-3-5(8(12)13)6(4)9(14)15;/h1-3H,(H,10,11);/q;+1. The Morgan fingerprint density at radius 2 is 1.75 bits per heavy atom. The summed E-state index contributed by atoms with van der Waals surface area (Å²) in [5, 5.41) is 29.5. The molecule has 0 atom stereocenters. The van der Waals surface area contributed by atoms with Gasteiger partial charge in [-0.1, -0.05) is 6.07 Å². The third-order valence-electron chi connectivity index (χ3n) is 1.62. The number of para-hydroxylation sites is 1. The van der Waals surface area contributed by atoms with Gasteiger partial charge < -0.3 is 5.11 Å². The van der Waals surface area contributed by atoms with E-state index in [2.05, 4.69) is 0 Å². The monoisotopic (exact) mass is 219 g/mol. The van der Waals surface area contributed by atoms with Gasteiger partial charge in [0.2, 0.25) is 0 Å². The molecule has 0 spiro atoms. The summed E-state index contributed by atoms with van der Waals surface area (Å²) < 4.78 is 0. The van der Waals surface area contributed by atoms with Gasteiger partial charge in [-0.25, -0.2) is 4.79 Å². The topological polar surface area (TPSA) is 124 Å². The number of carboxylic acids is 1. The third kappa shape index (κ3) is 2.56. The zero-order valence-electron chi connectivity index (χ0n) is 8.11. The van der Waals surface area contributed by atoms with Crippen molar-refractivity contribution < 1.29 is 38.6 Å². The minimum Gasteiger partial charge on any atom is -0.477 e. The number of hydrogen-bond acceptors (Lipinski definition) is 5. The molecular formula is C7H4LiN2O6+. The Morgan fingerprint density at radius 3 is 2.12 bits per heavy atom. The minimum atomic E-state index is -1.58. The van der Waals surface area contributed by atoms with Gasteiger partial charge in [-0.15, -0.1) is 0 Å². The van der Waals surface area contributed by atoms with Gasteiger partial charge in [-0.05, 0) is 6.07 Å². The van der Waals surface area contributed by atoms with Gasteiger partial charge in [0, 0.05) is 6.07 Å². The maximum atomic E-state index is 10.6. The average Bonchev–Trinajstić information content (AvgIpc) is 2.16. The van der Waals surface area contributed by atoms with Crippen molar-refractivity contribution in [2.45, 2.75) is 0 Å². The van der Waals surface area contributed by atoms with Crippen molar-refractivity contribution in [2.24, 2.45) is 0 Å². The van der Waals surface area contributed by atoms with Crippen LogP contribution in [0.2, 0.25) is 0 Å². The van der Waals surface area contributed by atoms with Crippen molar-refractivity contribution in [1.82, 2.24) is 0 Å². The number of nitro groups is 2. The summed E-state index contributed by atoms with van der Waals surface area (Å²) in [5.74, 6) is -1.58. The zero-order valence-corrected chi connectivity index (χ0v) is 8.11. The van der Waals surface area contributed by atoms with Crippen LogP contribution in [0.5, 0.6) is 0 Å². The Morgan fingerprint density at radius 1 is 1.19 bits per heavy atom. The van der Waals surface area contributed by atoms with E-state index >= 15 is 0 Å². The van der Waals surface area contributed by atoms with Crippen LogP contribution in [0.4, 0.5) is 11.4 Å². The summed E-state index contributed by atoms with van der Waals surface area (Å²) in [7, 11) is 0. The van der Waals surface area contributed by atoms with E-state index in [1.165, 1.54) is 0 Å². The second-order valence-corrected chi connectivity index (χ2v) is 2.49. The molecule has 0 bridgehead atoms. The Labute approximate surface area is 100 Å². The van der Waals surface area contributed by atoms with E-state index in [1.54, 1.807) is 0 Å². The average molecular weight is 219 g/mol. The van der Waals surface area contributed by atoms with Gasteiger partial charge in [0.15, 0.2) is 0 Å². The number of nitrogens with zero attached hydrogens (tertiary/aromatic N) is 2. The Kier molecular flexibility index (Phi) is 4.62. The van der Waals surface area contributed by atoms with E-state index in [1.807, 2.05) is 0 Å². The maximum Gasteiger partial charge on any atom is 1.00 e. The first-order valence-corrected chi connectivity index (χ1v) is 3.60. The van der Waals surface area contributed by atoms with Crippen molar-refractivity contribution in [1.29, 1.82) is 0 Å². The molecule has 0 saturated heterocycles. The zero-order chi connectivity index (χ0) is 11.6. The van der Waals surface area contributed by atoms with Crippen LogP contribution in [-0.4, -0.2) is 20.9 Å². The number of benzene rings is 1. The Bertz CT molecular complexity index is 428. The molecule has 0 heterocycles. The van der Waals surface area contributed by atoms with Crippen molar-refractivity contribution in [3.05, 3.63) is 44.0 Å². The molecule has 0 aromatic heterocycles. The largest absolute Gasteiger partial charge is 1.00 e. The summed E-state index contributed by atoms with van der Waals surface area (Å²) in [5.41, 5.74) is -2.54. The van der Waals surface area contributed by atoms with Crippen LogP contribution < -0.4 is 18.9 Å². The molecule has 9 heteroatoms. The van der Waals surface area contributed by atoms with E-state index in [4.69, 9.17) is 5.11 Å². The molecule has 0 aliphatic heterocycles. The van der Waals surface area contributed by atoms with Crippen molar-refractivity contribution in [3.63, 3.8) is 0 Å². The van der Waals surface area contributed by atoms with Crippen LogP contribution in [-0.2, 0) is 0 Å². The number of carbonyl (C=O) groups is 1. The number of aromatic carboxylic acids is 1. The van der Waals surface area contributed by atoms with E-state index in [0.29, 0.717) is 0 Å². The summed E-state index contributed by atoms with van der Waals surface area (Å²) in [4.78, 5) is 29.4. The van der Waals surface area contributed by atoms with Crippen LogP contribution >= 0.6 is 0 Å². The predicted octanol–water partition coefficient (Wildman–Crippen LogP) is -1.79. The molecule has 1 rings (SSSR count). The predicted molar refractivity (Wildman–Crippen MR) is 46.7 cm³/mol. The molecule has 1 aromatic rings. The van der Waals surface area contributed by atoms with Crippen LogP contribution in [0.15, 0.2) is 18.2 Å². The molecule has 0 fully saturated rings. The molecule has 0 unspecified atom stereocenters. The van der Waals surface area contributed by atoms with Gasteiger partial charge in [0.1, 0.15) is 5.56 Å². The fraction of sp³-hybridized carbons (Fsp3) is 0. The van der Waals surface area contributed by atoms with Crippen LogP contribution in [0.1, 0.15) is 10.4 Å². The van der Waals surface area contributed by atoms with Gasteiger partial charge in [-0.3, -0.25) is 20.2 Å². The molecule has 0 aliphatic carbocycles. The third-order valence-corrected chi connectivity index (χ3v) is 1.62. The fourth-order valence-corrected chi connectivity index (χ4v) is 1.04. The maximum absolute atomic E-state index is 10.6. The molecule has 16 heavy (non-hydrogen) atoms. The van der Waals surface area contributed by atoms with Crippen LogP contribution in [0, 0.1) is 20.2 Å². The molecule has 0 amide bonds. The summed E-state index contributed by atoms with van der Waals surface area (Å²) in [6.45, 7) is 0. The molecule has 8 nitrogen and oxygen atoms in total. The van der Waals surface area contributed by atoms with Gasteiger partial charge in [0.25, 0.3) is 0 Å². The van der Waals surface area contributed by atoms with Gasteiger partial charge in [-0.2, -0.15) is 0 Å². The SMILES string of the molecule is O=C(O)c1cccc([N+](=O)[O-])c1[N+](=O)[O-].[Li+]. The molecule has 1 N–H and O–H groups in total. The second kappa shape index (κ2) is 5.25. The first-order chi connectivity index (χ1) is 6.95. The first-order valence-electron chi connectivity index (χ1n) is 3.60. The van der Waals surface area contributed by atoms with E-state index in [9.17, 15) is 25.0 Å². The molecule has 78 valence electrons. The molecule has 0 saturated carbocycles. The molecule has 0 radical (unpaired) electrons. The van der Waals surface area contributed by atoms with Gasteiger partial charge in [0.05, 0.1) is 9.85 Å².